The Kier molecular flexibility index (Phi) is 7.08. The molecule has 3 aliphatic rings. The van der Waals surface area contributed by atoms with Gasteiger partial charge >= 0.3 is 5.97 Å². The van der Waals surface area contributed by atoms with Gasteiger partial charge in [-0.2, -0.15) is 0 Å². The second-order valence-corrected chi connectivity index (χ2v) is 12.2. The van der Waals surface area contributed by atoms with E-state index < -0.39 is 33.3 Å². The minimum absolute atomic E-state index is 0.0111. The Morgan fingerprint density at radius 3 is 2.82 bits per heavy atom. The highest BCUT2D eigenvalue weighted by Crippen LogP contribution is 2.71. The molecule has 11 heteroatoms. The molecule has 3 aliphatic heterocycles. The van der Waals surface area contributed by atoms with Crippen LogP contribution in [0.5, 0.6) is 0 Å². The van der Waals surface area contributed by atoms with Gasteiger partial charge in [-0.25, -0.2) is 4.68 Å². The van der Waals surface area contributed by atoms with E-state index >= 15 is 0 Å². The zero-order valence-electron chi connectivity index (χ0n) is 21.5. The lowest BCUT2D eigenvalue weighted by Crippen LogP contribution is -2.55. The Bertz CT molecular complexity index is 1280. The van der Waals surface area contributed by atoms with Gasteiger partial charge in [0.15, 0.2) is 0 Å². The van der Waals surface area contributed by atoms with Crippen LogP contribution in [0.1, 0.15) is 26.2 Å². The second kappa shape index (κ2) is 10.2. The zero-order valence-corrected chi connectivity index (χ0v) is 22.3. The summed E-state index contributed by atoms with van der Waals surface area (Å²) in [6.45, 7) is 9.78. The number of carbonyl (C=O) groups is 3. The number of esters is 1. The maximum Gasteiger partial charge on any atom is 0.311 e. The van der Waals surface area contributed by atoms with Gasteiger partial charge in [-0.15, -0.1) is 30.0 Å². The van der Waals surface area contributed by atoms with E-state index in [0.29, 0.717) is 24.8 Å². The molecule has 3 saturated heterocycles. The number of β-amino-alcohol motifs (C(OH)–C–C–N with tert-alkyl or cyclic N) is 1. The highest BCUT2D eigenvalue weighted by Gasteiger charge is 2.77. The standard InChI is InChI=1S/C27H33N5O5S/c1-4-6-16-37-25(36)21-20-23(34)31(14-15-33)22(27(20)12-11-26(21,3)38-27)24(35)30(13-5-2)17-32-19-10-8-7-9-18(19)28-29-32/h4-5,7-10,20-22,33H,1-2,6,11-17H2,3H3/t20-,21-,22?,26+,27?/m0/s1. The fourth-order valence-electron chi connectivity index (χ4n) is 6.47. The summed E-state index contributed by atoms with van der Waals surface area (Å²) in [6.07, 6.45) is 5.15. The molecule has 3 fully saturated rings. The molecule has 5 atom stereocenters. The summed E-state index contributed by atoms with van der Waals surface area (Å²) in [6, 6.07) is 6.66. The molecule has 1 N–H and O–H groups in total. The third-order valence-corrected chi connectivity index (χ3v) is 10.0. The van der Waals surface area contributed by atoms with Crippen LogP contribution in [0, 0.1) is 11.8 Å². The maximum atomic E-state index is 14.3. The molecule has 1 spiro atoms. The molecular weight excluding hydrogens is 506 g/mol. The van der Waals surface area contributed by atoms with Gasteiger partial charge in [0.1, 0.15) is 18.2 Å². The topological polar surface area (TPSA) is 118 Å². The van der Waals surface area contributed by atoms with Crippen LogP contribution in [0.25, 0.3) is 11.0 Å². The molecule has 2 aromatic rings. The molecule has 0 aliphatic carbocycles. The average molecular weight is 540 g/mol. The molecule has 1 aromatic heterocycles. The molecule has 5 rings (SSSR count). The Morgan fingerprint density at radius 1 is 1.29 bits per heavy atom. The molecule has 2 unspecified atom stereocenters. The Labute approximate surface area is 225 Å². The number of rotatable bonds is 11. The number of nitrogens with zero attached hydrogens (tertiary/aromatic N) is 5. The summed E-state index contributed by atoms with van der Waals surface area (Å²) in [5.41, 5.74) is 1.50. The van der Waals surface area contributed by atoms with Gasteiger partial charge in [0.2, 0.25) is 11.8 Å². The average Bonchev–Trinajstić information content (AvgIpc) is 3.60. The highest BCUT2D eigenvalue weighted by molar-refractivity contribution is 8.02. The molecule has 10 nitrogen and oxygen atoms in total. The molecule has 202 valence electrons. The van der Waals surface area contributed by atoms with E-state index in [1.807, 2.05) is 31.2 Å². The SMILES string of the molecule is C=CCCOC(=O)[C@@H]1[C@H]2C(=O)N(CCO)C(C(=O)N(CC=C)Cn3nnc4ccccc43)C23CC[C@@]1(C)S3. The van der Waals surface area contributed by atoms with E-state index in [-0.39, 0.29) is 44.8 Å². The maximum absolute atomic E-state index is 14.3. The summed E-state index contributed by atoms with van der Waals surface area (Å²) in [4.78, 5) is 44.6. The molecule has 2 bridgehead atoms. The van der Waals surface area contributed by atoms with Crippen molar-refractivity contribution in [3.8, 4) is 0 Å². The predicted molar refractivity (Wildman–Crippen MR) is 143 cm³/mol. The fourth-order valence-corrected chi connectivity index (χ4v) is 8.81. The van der Waals surface area contributed by atoms with Crippen molar-refractivity contribution in [2.24, 2.45) is 11.8 Å². The highest BCUT2D eigenvalue weighted by atomic mass is 32.2. The predicted octanol–water partition coefficient (Wildman–Crippen LogP) is 2.00. The van der Waals surface area contributed by atoms with Crippen LogP contribution in [0.3, 0.4) is 0 Å². The van der Waals surface area contributed by atoms with E-state index in [9.17, 15) is 19.5 Å². The van der Waals surface area contributed by atoms with Crippen LogP contribution in [0.15, 0.2) is 49.6 Å². The number of aliphatic hydroxyl groups excluding tert-OH is 1. The summed E-state index contributed by atoms with van der Waals surface area (Å²) < 4.78 is 5.91. The van der Waals surface area contributed by atoms with Gasteiger partial charge in [-0.3, -0.25) is 14.4 Å². The first-order chi connectivity index (χ1) is 18.3. The van der Waals surface area contributed by atoms with Gasteiger partial charge in [-0.05, 0) is 38.3 Å². The normalized spacial score (nSPS) is 29.5. The van der Waals surface area contributed by atoms with E-state index in [1.165, 1.54) is 4.90 Å². The lowest BCUT2D eigenvalue weighted by atomic mass is 9.66. The Balaban J connectivity index is 1.50. The molecule has 1 aromatic carbocycles. The third-order valence-electron chi connectivity index (χ3n) is 8.06. The zero-order chi connectivity index (χ0) is 27.1. The molecule has 2 amide bonds. The number of aliphatic hydroxyl groups is 1. The molecule has 0 radical (unpaired) electrons. The van der Waals surface area contributed by atoms with Gasteiger partial charge in [-0.1, -0.05) is 29.5 Å². The number of amides is 2. The number of para-hydroxylation sites is 1. The lowest BCUT2D eigenvalue weighted by Gasteiger charge is -2.37. The quantitative estimate of drug-likeness (QED) is 0.262. The van der Waals surface area contributed by atoms with Crippen molar-refractivity contribution in [3.63, 3.8) is 0 Å². The Hall–Kier alpha value is -3.18. The fraction of sp³-hybridized carbons (Fsp3) is 0.519. The number of benzene rings is 1. The minimum atomic E-state index is -0.834. The number of thioether (sulfide) groups is 1. The van der Waals surface area contributed by atoms with Crippen LogP contribution in [0.2, 0.25) is 0 Å². The second-order valence-electron chi connectivity index (χ2n) is 10.3. The number of fused-ring (bicyclic) bond motifs is 2. The van der Waals surface area contributed by atoms with Crippen molar-refractivity contribution in [2.75, 3.05) is 26.3 Å². The van der Waals surface area contributed by atoms with E-state index in [2.05, 4.69) is 23.5 Å². The van der Waals surface area contributed by atoms with Crippen molar-refractivity contribution >= 4 is 40.6 Å². The van der Waals surface area contributed by atoms with Crippen molar-refractivity contribution in [1.82, 2.24) is 24.8 Å². The number of ether oxygens (including phenoxy) is 1. The van der Waals surface area contributed by atoms with Crippen LogP contribution in [-0.2, 0) is 25.8 Å². The monoisotopic (exact) mass is 539 g/mol. The lowest BCUT2D eigenvalue weighted by molar-refractivity contribution is -0.155. The van der Waals surface area contributed by atoms with Gasteiger partial charge in [0.25, 0.3) is 0 Å². The summed E-state index contributed by atoms with van der Waals surface area (Å²) in [5.74, 6) is -2.30. The molecular formula is C27H33N5O5S. The van der Waals surface area contributed by atoms with Gasteiger partial charge in [0.05, 0.1) is 35.3 Å². The van der Waals surface area contributed by atoms with Crippen LogP contribution in [-0.4, -0.2) is 89.5 Å². The number of carbonyl (C=O) groups excluding carboxylic acids is 3. The molecule has 4 heterocycles. The molecule has 38 heavy (non-hydrogen) atoms. The number of hydrogen-bond acceptors (Lipinski definition) is 8. The summed E-state index contributed by atoms with van der Waals surface area (Å²) in [5, 5.41) is 18.3. The number of aromatic nitrogens is 3. The minimum Gasteiger partial charge on any atom is -0.465 e. The first-order valence-electron chi connectivity index (χ1n) is 12.9. The largest absolute Gasteiger partial charge is 0.465 e. The number of likely N-dealkylation sites (tertiary alicyclic amines) is 1. The van der Waals surface area contributed by atoms with Crippen molar-refractivity contribution < 1.29 is 24.2 Å². The molecule has 0 saturated carbocycles. The van der Waals surface area contributed by atoms with Gasteiger partial charge in [0, 0.05) is 17.8 Å². The van der Waals surface area contributed by atoms with Crippen molar-refractivity contribution in [2.45, 2.75) is 48.4 Å². The van der Waals surface area contributed by atoms with E-state index in [4.69, 9.17) is 4.74 Å². The van der Waals surface area contributed by atoms with Crippen molar-refractivity contribution in [1.29, 1.82) is 0 Å². The van der Waals surface area contributed by atoms with Crippen LogP contribution < -0.4 is 0 Å². The van der Waals surface area contributed by atoms with Crippen LogP contribution >= 0.6 is 11.8 Å². The first kappa shape index (κ1) is 26.4. The first-order valence-corrected chi connectivity index (χ1v) is 13.7. The number of hydrogen-bond donors (Lipinski definition) is 1. The smallest absolute Gasteiger partial charge is 0.311 e. The van der Waals surface area contributed by atoms with E-state index in [1.54, 1.807) is 33.5 Å². The van der Waals surface area contributed by atoms with Crippen LogP contribution in [0.4, 0.5) is 0 Å². The third kappa shape index (κ3) is 4.03. The Morgan fingerprint density at radius 2 is 2.08 bits per heavy atom. The van der Waals surface area contributed by atoms with E-state index in [0.717, 1.165) is 5.52 Å². The summed E-state index contributed by atoms with van der Waals surface area (Å²) >= 11 is 1.57. The van der Waals surface area contributed by atoms with Gasteiger partial charge < -0.3 is 19.6 Å². The summed E-state index contributed by atoms with van der Waals surface area (Å²) in [7, 11) is 0. The van der Waals surface area contributed by atoms with Crippen molar-refractivity contribution in [3.05, 3.63) is 49.6 Å².